The topological polar surface area (TPSA) is 26.0 Å². The number of halogens is 1. The molecule has 0 saturated heterocycles. The SMILES string of the molecule is CC(N)(CCc1ccccc1)c1ccccc1F. The van der Waals surface area contributed by atoms with Crippen LogP contribution in [0, 0.1) is 5.82 Å². The van der Waals surface area contributed by atoms with E-state index in [0.717, 1.165) is 12.8 Å². The van der Waals surface area contributed by atoms with Crippen molar-refractivity contribution in [3.05, 3.63) is 71.5 Å². The summed E-state index contributed by atoms with van der Waals surface area (Å²) in [6.45, 7) is 1.88. The van der Waals surface area contributed by atoms with Crippen LogP contribution in [-0.4, -0.2) is 0 Å². The largest absolute Gasteiger partial charge is 0.322 e. The number of aryl methyl sites for hydroxylation is 1. The fourth-order valence-corrected chi connectivity index (χ4v) is 2.11. The van der Waals surface area contributed by atoms with Crippen LogP contribution in [0.5, 0.6) is 0 Å². The van der Waals surface area contributed by atoms with Gasteiger partial charge in [0.05, 0.1) is 0 Å². The monoisotopic (exact) mass is 243 g/mol. The fraction of sp³-hybridized carbons (Fsp3) is 0.250. The zero-order valence-electron chi connectivity index (χ0n) is 10.6. The Morgan fingerprint density at radius 1 is 1.00 bits per heavy atom. The highest BCUT2D eigenvalue weighted by Crippen LogP contribution is 2.25. The summed E-state index contributed by atoms with van der Waals surface area (Å²) >= 11 is 0. The maximum Gasteiger partial charge on any atom is 0.128 e. The number of hydrogen-bond acceptors (Lipinski definition) is 1. The Hall–Kier alpha value is -1.67. The quantitative estimate of drug-likeness (QED) is 0.871. The average Bonchev–Trinajstić information content (AvgIpc) is 2.38. The molecule has 1 unspecified atom stereocenters. The molecule has 0 bridgehead atoms. The summed E-state index contributed by atoms with van der Waals surface area (Å²) in [7, 11) is 0. The van der Waals surface area contributed by atoms with Gasteiger partial charge in [-0.2, -0.15) is 0 Å². The van der Waals surface area contributed by atoms with Crippen LogP contribution >= 0.6 is 0 Å². The lowest BCUT2D eigenvalue weighted by molar-refractivity contribution is 0.427. The van der Waals surface area contributed by atoms with Crippen molar-refractivity contribution in [1.82, 2.24) is 0 Å². The highest BCUT2D eigenvalue weighted by atomic mass is 19.1. The van der Waals surface area contributed by atoms with E-state index < -0.39 is 5.54 Å². The summed E-state index contributed by atoms with van der Waals surface area (Å²) in [5.41, 5.74) is 7.42. The number of benzene rings is 2. The van der Waals surface area contributed by atoms with Crippen molar-refractivity contribution >= 4 is 0 Å². The second kappa shape index (κ2) is 5.32. The van der Waals surface area contributed by atoms with Crippen molar-refractivity contribution in [3.63, 3.8) is 0 Å². The van der Waals surface area contributed by atoms with Crippen LogP contribution in [0.2, 0.25) is 0 Å². The van der Waals surface area contributed by atoms with E-state index in [1.54, 1.807) is 12.1 Å². The minimum Gasteiger partial charge on any atom is -0.322 e. The predicted octanol–water partition coefficient (Wildman–Crippen LogP) is 3.63. The van der Waals surface area contributed by atoms with E-state index in [1.165, 1.54) is 11.6 Å². The summed E-state index contributed by atoms with van der Waals surface area (Å²) in [5, 5.41) is 0. The molecule has 0 fully saturated rings. The van der Waals surface area contributed by atoms with Gasteiger partial charge in [0, 0.05) is 11.1 Å². The molecule has 1 atom stereocenters. The second-order valence-corrected chi connectivity index (χ2v) is 4.88. The van der Waals surface area contributed by atoms with Crippen LogP contribution in [0.3, 0.4) is 0 Å². The molecule has 0 saturated carbocycles. The molecule has 2 aromatic rings. The van der Waals surface area contributed by atoms with Gasteiger partial charge in [0.1, 0.15) is 5.82 Å². The van der Waals surface area contributed by atoms with Gasteiger partial charge < -0.3 is 5.73 Å². The Balaban J connectivity index is 2.11. The smallest absolute Gasteiger partial charge is 0.128 e. The average molecular weight is 243 g/mol. The summed E-state index contributed by atoms with van der Waals surface area (Å²) in [6, 6.07) is 16.9. The molecule has 0 amide bonds. The van der Waals surface area contributed by atoms with Crippen LogP contribution in [0.4, 0.5) is 4.39 Å². The fourth-order valence-electron chi connectivity index (χ4n) is 2.11. The first-order chi connectivity index (χ1) is 8.59. The van der Waals surface area contributed by atoms with Crippen molar-refractivity contribution in [1.29, 1.82) is 0 Å². The van der Waals surface area contributed by atoms with Crippen LogP contribution in [0.1, 0.15) is 24.5 Å². The van der Waals surface area contributed by atoms with E-state index in [-0.39, 0.29) is 5.82 Å². The standard InChI is InChI=1S/C16H18FN/c1-16(18,14-9-5-6-10-15(14)17)12-11-13-7-3-2-4-8-13/h2-10H,11-12,18H2,1H3. The number of rotatable bonds is 4. The summed E-state index contributed by atoms with van der Waals surface area (Å²) in [4.78, 5) is 0. The van der Waals surface area contributed by atoms with E-state index in [0.29, 0.717) is 5.56 Å². The van der Waals surface area contributed by atoms with Crippen LogP contribution in [-0.2, 0) is 12.0 Å². The molecule has 0 radical (unpaired) electrons. The van der Waals surface area contributed by atoms with E-state index >= 15 is 0 Å². The van der Waals surface area contributed by atoms with Crippen LogP contribution in [0.15, 0.2) is 54.6 Å². The molecule has 2 rings (SSSR count). The third-order valence-electron chi connectivity index (χ3n) is 3.26. The highest BCUT2D eigenvalue weighted by molar-refractivity contribution is 5.26. The molecule has 0 aromatic heterocycles. The molecule has 2 heteroatoms. The third kappa shape index (κ3) is 2.96. The zero-order chi connectivity index (χ0) is 13.0. The Morgan fingerprint density at radius 3 is 2.28 bits per heavy atom. The van der Waals surface area contributed by atoms with Gasteiger partial charge in [-0.3, -0.25) is 0 Å². The molecular weight excluding hydrogens is 225 g/mol. The van der Waals surface area contributed by atoms with Gasteiger partial charge in [0.25, 0.3) is 0 Å². The minimum absolute atomic E-state index is 0.226. The molecule has 2 N–H and O–H groups in total. The van der Waals surface area contributed by atoms with Gasteiger partial charge in [0.15, 0.2) is 0 Å². The molecule has 2 aromatic carbocycles. The summed E-state index contributed by atoms with van der Waals surface area (Å²) < 4.78 is 13.7. The lowest BCUT2D eigenvalue weighted by Crippen LogP contribution is -2.34. The zero-order valence-corrected chi connectivity index (χ0v) is 10.6. The van der Waals surface area contributed by atoms with E-state index in [4.69, 9.17) is 5.73 Å². The van der Waals surface area contributed by atoms with E-state index in [1.807, 2.05) is 31.2 Å². The van der Waals surface area contributed by atoms with Crippen molar-refractivity contribution < 1.29 is 4.39 Å². The summed E-state index contributed by atoms with van der Waals surface area (Å²) in [6.07, 6.45) is 1.57. The van der Waals surface area contributed by atoms with E-state index in [9.17, 15) is 4.39 Å². The molecule has 0 heterocycles. The van der Waals surface area contributed by atoms with Gasteiger partial charge in [-0.25, -0.2) is 4.39 Å². The molecule has 0 aliphatic carbocycles. The van der Waals surface area contributed by atoms with Gasteiger partial charge in [-0.05, 0) is 31.4 Å². The first-order valence-electron chi connectivity index (χ1n) is 6.17. The predicted molar refractivity (Wildman–Crippen MR) is 72.7 cm³/mol. The van der Waals surface area contributed by atoms with Gasteiger partial charge in [-0.1, -0.05) is 48.5 Å². The molecule has 18 heavy (non-hydrogen) atoms. The lowest BCUT2D eigenvalue weighted by atomic mass is 9.87. The molecule has 1 nitrogen and oxygen atoms in total. The van der Waals surface area contributed by atoms with Gasteiger partial charge >= 0.3 is 0 Å². The number of hydrogen-bond donors (Lipinski definition) is 1. The molecule has 0 spiro atoms. The highest BCUT2D eigenvalue weighted by Gasteiger charge is 2.23. The third-order valence-corrected chi connectivity index (χ3v) is 3.26. The normalized spacial score (nSPS) is 14.2. The van der Waals surface area contributed by atoms with Crippen LogP contribution in [0.25, 0.3) is 0 Å². The van der Waals surface area contributed by atoms with Crippen molar-refractivity contribution in [2.75, 3.05) is 0 Å². The summed E-state index contributed by atoms with van der Waals surface area (Å²) in [5.74, 6) is -0.226. The van der Waals surface area contributed by atoms with Gasteiger partial charge in [0.2, 0.25) is 0 Å². The van der Waals surface area contributed by atoms with Crippen LogP contribution < -0.4 is 5.73 Å². The Kier molecular flexibility index (Phi) is 3.78. The van der Waals surface area contributed by atoms with Crippen molar-refractivity contribution in [2.45, 2.75) is 25.3 Å². The molecule has 0 aliphatic heterocycles. The Morgan fingerprint density at radius 2 is 1.61 bits per heavy atom. The van der Waals surface area contributed by atoms with E-state index in [2.05, 4.69) is 12.1 Å². The maximum atomic E-state index is 13.7. The Labute approximate surface area is 107 Å². The first kappa shape index (κ1) is 12.8. The van der Waals surface area contributed by atoms with Crippen molar-refractivity contribution in [2.24, 2.45) is 5.73 Å². The number of nitrogens with two attached hydrogens (primary N) is 1. The minimum atomic E-state index is -0.638. The maximum absolute atomic E-state index is 13.7. The molecule has 94 valence electrons. The molecule has 0 aliphatic rings. The molecular formula is C16H18FN. The Bertz CT molecular complexity index is 506. The lowest BCUT2D eigenvalue weighted by Gasteiger charge is -2.25. The second-order valence-electron chi connectivity index (χ2n) is 4.88. The first-order valence-corrected chi connectivity index (χ1v) is 6.17. The van der Waals surface area contributed by atoms with Gasteiger partial charge in [-0.15, -0.1) is 0 Å². The van der Waals surface area contributed by atoms with Crippen molar-refractivity contribution in [3.8, 4) is 0 Å².